The van der Waals surface area contributed by atoms with Gasteiger partial charge in [0, 0.05) is 12.1 Å². The van der Waals surface area contributed by atoms with E-state index in [1.807, 2.05) is 0 Å². The fourth-order valence-electron chi connectivity index (χ4n) is 3.15. The number of hydrogen-bond donors (Lipinski definition) is 2. The molecule has 2 aliphatic rings. The molecule has 3 rings (SSSR count). The zero-order valence-corrected chi connectivity index (χ0v) is 10.8. The van der Waals surface area contributed by atoms with Crippen LogP contribution in [0.25, 0.3) is 0 Å². The molecular formula is C14H16F3NO2. The largest absolute Gasteiger partial charge is 0.385 e. The molecular weight excluding hydrogens is 271 g/mol. The second-order valence-electron chi connectivity index (χ2n) is 5.57. The lowest BCUT2D eigenvalue weighted by Crippen LogP contribution is -2.58. The molecule has 2 aliphatic heterocycles. The highest BCUT2D eigenvalue weighted by atomic mass is 19.3. The molecule has 2 unspecified atom stereocenters. The number of benzene rings is 1. The molecule has 0 saturated carbocycles. The molecule has 0 aromatic heterocycles. The topological polar surface area (TPSA) is 41.5 Å². The third-order valence-electron chi connectivity index (χ3n) is 4.05. The van der Waals surface area contributed by atoms with Crippen LogP contribution in [0.3, 0.4) is 0 Å². The van der Waals surface area contributed by atoms with Crippen LogP contribution < -0.4 is 5.32 Å². The third kappa shape index (κ3) is 2.43. The molecule has 2 fully saturated rings. The highest BCUT2D eigenvalue weighted by molar-refractivity contribution is 5.30. The molecule has 2 saturated heterocycles. The zero-order valence-electron chi connectivity index (χ0n) is 10.8. The van der Waals surface area contributed by atoms with Crippen LogP contribution in [0, 0.1) is 5.82 Å². The van der Waals surface area contributed by atoms with Crippen LogP contribution in [0.15, 0.2) is 18.2 Å². The summed E-state index contributed by atoms with van der Waals surface area (Å²) in [5, 5.41) is 14.1. The summed E-state index contributed by atoms with van der Waals surface area (Å²) >= 11 is 0. The Morgan fingerprint density at radius 3 is 2.45 bits per heavy atom. The van der Waals surface area contributed by atoms with Crippen molar-refractivity contribution in [1.82, 2.24) is 5.32 Å². The van der Waals surface area contributed by atoms with Crippen molar-refractivity contribution < 1.29 is 23.0 Å². The third-order valence-corrected chi connectivity index (χ3v) is 4.05. The Morgan fingerprint density at radius 1 is 1.25 bits per heavy atom. The van der Waals surface area contributed by atoms with Gasteiger partial charge < -0.3 is 15.2 Å². The minimum Gasteiger partial charge on any atom is -0.385 e. The average Bonchev–Trinajstić information content (AvgIpc) is 2.37. The van der Waals surface area contributed by atoms with Gasteiger partial charge >= 0.3 is 0 Å². The molecule has 1 aromatic carbocycles. The van der Waals surface area contributed by atoms with Crippen LogP contribution >= 0.6 is 0 Å². The Hall–Kier alpha value is -1.11. The van der Waals surface area contributed by atoms with Crippen LogP contribution in [-0.2, 0) is 10.3 Å². The number of piperidine rings is 1. The molecule has 2 atom stereocenters. The molecule has 2 bridgehead atoms. The van der Waals surface area contributed by atoms with Gasteiger partial charge in [-0.25, -0.2) is 13.2 Å². The Labute approximate surface area is 114 Å². The van der Waals surface area contributed by atoms with Crippen molar-refractivity contribution in [2.45, 2.75) is 37.0 Å². The first-order valence-corrected chi connectivity index (χ1v) is 6.62. The van der Waals surface area contributed by atoms with E-state index in [0.29, 0.717) is 31.6 Å². The number of hydrogen-bond acceptors (Lipinski definition) is 3. The second-order valence-corrected chi connectivity index (χ2v) is 5.57. The Kier molecular flexibility index (Phi) is 3.48. The standard InChI is InChI=1S/C14H16F3NO2/c15-12-3-8(1-2-11(12)13(16)17)14(19)4-9-6-20-7-10(5-14)18-9/h1-3,9-10,13,18-19H,4-7H2. The molecule has 20 heavy (non-hydrogen) atoms. The zero-order chi connectivity index (χ0) is 14.3. The summed E-state index contributed by atoms with van der Waals surface area (Å²) in [6.07, 6.45) is -2.08. The predicted octanol–water partition coefficient (Wildman–Crippen LogP) is 2.10. The Balaban J connectivity index is 1.89. The molecule has 0 aliphatic carbocycles. The SMILES string of the molecule is OC1(c2ccc(C(F)F)c(F)c2)CC2COCC(C1)N2. The monoisotopic (exact) mass is 287 g/mol. The summed E-state index contributed by atoms with van der Waals surface area (Å²) in [6.45, 7) is 0.993. The van der Waals surface area contributed by atoms with Crippen molar-refractivity contribution >= 4 is 0 Å². The fourth-order valence-corrected chi connectivity index (χ4v) is 3.15. The number of halogens is 3. The Morgan fingerprint density at radius 2 is 1.90 bits per heavy atom. The fraction of sp³-hybridized carbons (Fsp3) is 0.571. The van der Waals surface area contributed by atoms with E-state index in [1.54, 1.807) is 0 Å². The normalized spacial score (nSPS) is 33.5. The lowest BCUT2D eigenvalue weighted by molar-refractivity contribution is -0.0803. The lowest BCUT2D eigenvalue weighted by atomic mass is 9.78. The minimum absolute atomic E-state index is 0.00494. The molecule has 6 heteroatoms. The summed E-state index contributed by atoms with van der Waals surface area (Å²) in [7, 11) is 0. The number of rotatable bonds is 2. The Bertz CT molecular complexity index is 497. The molecule has 2 N–H and O–H groups in total. The van der Waals surface area contributed by atoms with Gasteiger partial charge in [0.15, 0.2) is 0 Å². The van der Waals surface area contributed by atoms with Crippen LogP contribution in [0.2, 0.25) is 0 Å². The van der Waals surface area contributed by atoms with Crippen molar-refractivity contribution in [3.63, 3.8) is 0 Å². The first-order chi connectivity index (χ1) is 9.48. The van der Waals surface area contributed by atoms with Crippen molar-refractivity contribution in [2.75, 3.05) is 13.2 Å². The van der Waals surface area contributed by atoms with E-state index in [4.69, 9.17) is 4.74 Å². The number of alkyl halides is 2. The highest BCUT2D eigenvalue weighted by Gasteiger charge is 2.42. The van der Waals surface area contributed by atoms with Gasteiger partial charge in [0.1, 0.15) is 5.82 Å². The molecule has 0 amide bonds. The number of ether oxygens (including phenoxy) is 1. The molecule has 0 radical (unpaired) electrons. The maximum atomic E-state index is 13.7. The summed E-state index contributed by atoms with van der Waals surface area (Å²) in [4.78, 5) is 0. The van der Waals surface area contributed by atoms with Crippen molar-refractivity contribution in [3.8, 4) is 0 Å². The van der Waals surface area contributed by atoms with Gasteiger partial charge in [-0.1, -0.05) is 12.1 Å². The number of nitrogens with one attached hydrogen (secondary N) is 1. The van der Waals surface area contributed by atoms with Crippen molar-refractivity contribution in [1.29, 1.82) is 0 Å². The molecule has 0 spiro atoms. The maximum absolute atomic E-state index is 13.7. The summed E-state index contributed by atoms with van der Waals surface area (Å²) in [5.74, 6) is -0.967. The van der Waals surface area contributed by atoms with E-state index in [0.717, 1.165) is 12.1 Å². The summed E-state index contributed by atoms with van der Waals surface area (Å²) in [5.41, 5.74) is -1.46. The van der Waals surface area contributed by atoms with Crippen LogP contribution in [0.1, 0.15) is 30.4 Å². The summed E-state index contributed by atoms with van der Waals surface area (Å²) in [6, 6.07) is 3.49. The first-order valence-electron chi connectivity index (χ1n) is 6.62. The summed E-state index contributed by atoms with van der Waals surface area (Å²) < 4.78 is 44.2. The van der Waals surface area contributed by atoms with E-state index in [2.05, 4.69) is 5.32 Å². The van der Waals surface area contributed by atoms with E-state index in [1.165, 1.54) is 6.07 Å². The number of morpholine rings is 1. The minimum atomic E-state index is -2.85. The molecule has 110 valence electrons. The van der Waals surface area contributed by atoms with Crippen molar-refractivity contribution in [3.05, 3.63) is 35.1 Å². The highest BCUT2D eigenvalue weighted by Crippen LogP contribution is 2.37. The average molecular weight is 287 g/mol. The first kappa shape index (κ1) is 13.9. The molecule has 1 aromatic rings. The maximum Gasteiger partial charge on any atom is 0.266 e. The van der Waals surface area contributed by atoms with E-state index < -0.39 is 23.4 Å². The predicted molar refractivity (Wildman–Crippen MR) is 66.0 cm³/mol. The lowest BCUT2D eigenvalue weighted by Gasteiger charge is -2.45. The van der Waals surface area contributed by atoms with Gasteiger partial charge in [-0.15, -0.1) is 0 Å². The van der Waals surface area contributed by atoms with Crippen molar-refractivity contribution in [2.24, 2.45) is 0 Å². The van der Waals surface area contributed by atoms with E-state index in [9.17, 15) is 18.3 Å². The number of fused-ring (bicyclic) bond motifs is 2. The molecule has 2 heterocycles. The van der Waals surface area contributed by atoms with E-state index >= 15 is 0 Å². The quantitative estimate of drug-likeness (QED) is 0.875. The van der Waals surface area contributed by atoms with Gasteiger partial charge in [-0.2, -0.15) is 0 Å². The van der Waals surface area contributed by atoms with Gasteiger partial charge in [0.05, 0.1) is 24.4 Å². The van der Waals surface area contributed by atoms with Gasteiger partial charge in [-0.3, -0.25) is 0 Å². The smallest absolute Gasteiger partial charge is 0.266 e. The van der Waals surface area contributed by atoms with Gasteiger partial charge in [0.25, 0.3) is 6.43 Å². The van der Waals surface area contributed by atoms with Gasteiger partial charge in [-0.05, 0) is 24.5 Å². The second kappa shape index (κ2) is 5.02. The van der Waals surface area contributed by atoms with E-state index in [-0.39, 0.29) is 12.1 Å². The molecule has 3 nitrogen and oxygen atoms in total. The number of aliphatic hydroxyl groups is 1. The van der Waals surface area contributed by atoms with Gasteiger partial charge in [0.2, 0.25) is 0 Å². The van der Waals surface area contributed by atoms with Crippen LogP contribution in [0.5, 0.6) is 0 Å². The van der Waals surface area contributed by atoms with Crippen LogP contribution in [-0.4, -0.2) is 30.4 Å². The van der Waals surface area contributed by atoms with Crippen LogP contribution in [0.4, 0.5) is 13.2 Å².